The molecule has 1 unspecified atom stereocenters. The van der Waals surface area contributed by atoms with Gasteiger partial charge in [-0.25, -0.2) is 4.39 Å². The van der Waals surface area contributed by atoms with E-state index in [1.165, 1.54) is 24.3 Å². The third-order valence-electron chi connectivity index (χ3n) is 4.46. The lowest BCUT2D eigenvalue weighted by Gasteiger charge is -2.16. The van der Waals surface area contributed by atoms with Crippen molar-refractivity contribution in [1.82, 2.24) is 0 Å². The molecule has 3 rings (SSSR count). The molecule has 0 radical (unpaired) electrons. The summed E-state index contributed by atoms with van der Waals surface area (Å²) >= 11 is 0. The molecule has 0 fully saturated rings. The Morgan fingerprint density at radius 3 is 2.14 bits per heavy atom. The zero-order valence-corrected chi connectivity index (χ0v) is 16.3. The molecule has 0 spiro atoms. The molecule has 0 N–H and O–H groups in total. The summed E-state index contributed by atoms with van der Waals surface area (Å²) in [7, 11) is -3.92. The average Bonchev–Trinajstić information content (AvgIpc) is 2.67. The van der Waals surface area contributed by atoms with Crippen LogP contribution >= 0.6 is 0 Å². The third-order valence-corrected chi connectivity index (χ3v) is 5.72. The van der Waals surface area contributed by atoms with Crippen molar-refractivity contribution >= 4 is 10.1 Å². The highest BCUT2D eigenvalue weighted by Gasteiger charge is 2.19. The summed E-state index contributed by atoms with van der Waals surface area (Å²) in [4.78, 5) is 0.0845. The van der Waals surface area contributed by atoms with Crippen LogP contribution in [0.3, 0.4) is 0 Å². The van der Waals surface area contributed by atoms with Crippen LogP contribution < -0.4 is 4.18 Å². The fraction of sp³-hybridized carbons (Fsp3) is 0.130. The van der Waals surface area contributed by atoms with Gasteiger partial charge in [-0.15, -0.1) is 0 Å². The molecule has 3 nitrogen and oxygen atoms in total. The Hall–Kier alpha value is -2.92. The molecule has 1 atom stereocenters. The van der Waals surface area contributed by atoms with E-state index in [9.17, 15) is 12.8 Å². The molecular formula is C23H21FO3S. The molecule has 0 aliphatic rings. The zero-order valence-electron chi connectivity index (χ0n) is 15.5. The third kappa shape index (κ3) is 4.87. The van der Waals surface area contributed by atoms with Crippen molar-refractivity contribution in [2.45, 2.75) is 24.2 Å². The van der Waals surface area contributed by atoms with Crippen molar-refractivity contribution < 1.29 is 17.0 Å². The molecule has 0 aliphatic carbocycles. The van der Waals surface area contributed by atoms with Crippen LogP contribution in [0.15, 0.2) is 96.2 Å². The summed E-state index contributed by atoms with van der Waals surface area (Å²) in [6, 6.07) is 22.4. The first-order valence-corrected chi connectivity index (χ1v) is 10.3. The number of aryl methyl sites for hydroxylation is 1. The van der Waals surface area contributed by atoms with Crippen molar-refractivity contribution in [3.63, 3.8) is 0 Å². The Kier molecular flexibility index (Phi) is 5.95. The van der Waals surface area contributed by atoms with E-state index >= 15 is 0 Å². The predicted molar refractivity (Wildman–Crippen MR) is 109 cm³/mol. The maximum atomic E-state index is 14.0. The zero-order chi connectivity index (χ0) is 20.1. The average molecular weight is 396 g/mol. The molecule has 5 heteroatoms. The number of benzene rings is 3. The molecule has 0 heterocycles. The van der Waals surface area contributed by atoms with Gasteiger partial charge in [-0.05, 0) is 48.7 Å². The Bertz CT molecular complexity index is 1040. The number of hydrogen-bond donors (Lipinski definition) is 0. The first-order chi connectivity index (χ1) is 13.3. The summed E-state index contributed by atoms with van der Waals surface area (Å²) in [6.45, 7) is 5.34. The van der Waals surface area contributed by atoms with E-state index in [4.69, 9.17) is 4.18 Å². The molecule has 28 heavy (non-hydrogen) atoms. The molecule has 3 aromatic rings. The molecule has 0 aromatic heterocycles. The second kappa shape index (κ2) is 8.40. The maximum absolute atomic E-state index is 14.0. The van der Waals surface area contributed by atoms with E-state index in [0.717, 1.165) is 11.1 Å². The molecule has 144 valence electrons. The van der Waals surface area contributed by atoms with E-state index in [0.29, 0.717) is 12.0 Å². The molecule has 0 bridgehead atoms. The van der Waals surface area contributed by atoms with E-state index in [-0.39, 0.29) is 10.6 Å². The van der Waals surface area contributed by atoms with Crippen LogP contribution in [-0.4, -0.2) is 8.42 Å². The van der Waals surface area contributed by atoms with Crippen LogP contribution in [0.5, 0.6) is 5.75 Å². The molecule has 0 saturated carbocycles. The molecular weight excluding hydrogens is 375 g/mol. The van der Waals surface area contributed by atoms with Crippen LogP contribution in [0.25, 0.3) is 0 Å². The highest BCUT2D eigenvalue weighted by Crippen LogP contribution is 2.30. The van der Waals surface area contributed by atoms with Gasteiger partial charge in [-0.1, -0.05) is 66.7 Å². The number of allylic oxidation sites excluding steroid dienone is 1. The van der Waals surface area contributed by atoms with Crippen LogP contribution in [0.1, 0.15) is 22.6 Å². The van der Waals surface area contributed by atoms with Gasteiger partial charge in [0.05, 0.1) is 0 Å². The molecule has 3 aromatic carbocycles. The van der Waals surface area contributed by atoms with E-state index in [1.807, 2.05) is 37.3 Å². The van der Waals surface area contributed by atoms with E-state index in [2.05, 4.69) is 6.58 Å². The molecule has 0 aliphatic heterocycles. The number of hydrogen-bond acceptors (Lipinski definition) is 3. The SMILES string of the molecule is C=C(F)C(Cc1ccccc1)c1ccc(OS(=O)(=O)c2ccc(C)cc2)cc1. The fourth-order valence-corrected chi connectivity index (χ4v) is 3.82. The van der Waals surface area contributed by atoms with Crippen molar-refractivity contribution in [1.29, 1.82) is 0 Å². The summed E-state index contributed by atoms with van der Waals surface area (Å²) in [5, 5.41) is 0. The fourth-order valence-electron chi connectivity index (χ4n) is 2.89. The van der Waals surface area contributed by atoms with Crippen LogP contribution in [0.4, 0.5) is 4.39 Å². The van der Waals surface area contributed by atoms with Crippen molar-refractivity contribution in [3.8, 4) is 5.75 Å². The first-order valence-electron chi connectivity index (χ1n) is 8.84. The normalized spacial score (nSPS) is 12.4. The van der Waals surface area contributed by atoms with Crippen LogP contribution in [0.2, 0.25) is 0 Å². The Morgan fingerprint density at radius 1 is 0.964 bits per heavy atom. The number of rotatable bonds is 7. The minimum Gasteiger partial charge on any atom is -0.379 e. The monoisotopic (exact) mass is 396 g/mol. The summed E-state index contributed by atoms with van der Waals surface area (Å²) in [6.07, 6.45) is 0.470. The summed E-state index contributed by atoms with van der Waals surface area (Å²) in [5.41, 5.74) is 2.66. The predicted octanol–water partition coefficient (Wildman–Crippen LogP) is 5.57. The van der Waals surface area contributed by atoms with E-state index < -0.39 is 21.9 Å². The Balaban J connectivity index is 1.78. The lowest BCUT2D eigenvalue weighted by molar-refractivity contribution is 0.485. The van der Waals surface area contributed by atoms with Crippen molar-refractivity contribution in [3.05, 3.63) is 108 Å². The second-order valence-electron chi connectivity index (χ2n) is 6.61. The summed E-state index contributed by atoms with van der Waals surface area (Å²) < 4.78 is 44.0. The first kappa shape index (κ1) is 19.8. The van der Waals surface area contributed by atoms with Gasteiger partial charge < -0.3 is 4.18 Å². The molecule has 0 saturated heterocycles. The van der Waals surface area contributed by atoms with Gasteiger partial charge in [0.1, 0.15) is 16.5 Å². The smallest absolute Gasteiger partial charge is 0.339 e. The van der Waals surface area contributed by atoms with Gasteiger partial charge in [0, 0.05) is 5.92 Å². The standard InChI is InChI=1S/C23H21FO3S/c1-17-8-14-22(15-9-17)28(25,26)27-21-12-10-20(11-13-21)23(18(2)24)16-19-6-4-3-5-7-19/h3-15,23H,2,16H2,1H3. The largest absolute Gasteiger partial charge is 0.379 e. The van der Waals surface area contributed by atoms with E-state index in [1.54, 1.807) is 24.3 Å². The highest BCUT2D eigenvalue weighted by molar-refractivity contribution is 7.87. The van der Waals surface area contributed by atoms with Crippen molar-refractivity contribution in [2.24, 2.45) is 0 Å². The van der Waals surface area contributed by atoms with Crippen LogP contribution in [0, 0.1) is 6.92 Å². The Morgan fingerprint density at radius 2 is 1.57 bits per heavy atom. The quantitative estimate of drug-likeness (QED) is 0.490. The van der Waals surface area contributed by atoms with Gasteiger partial charge in [0.25, 0.3) is 0 Å². The van der Waals surface area contributed by atoms with Crippen LogP contribution in [-0.2, 0) is 16.5 Å². The van der Waals surface area contributed by atoms with Crippen molar-refractivity contribution in [2.75, 3.05) is 0 Å². The lowest BCUT2D eigenvalue weighted by Crippen LogP contribution is -2.10. The van der Waals surface area contributed by atoms with Gasteiger partial charge in [0.15, 0.2) is 0 Å². The molecule has 0 amide bonds. The minimum absolute atomic E-state index is 0.0845. The Labute approximate surface area is 165 Å². The highest BCUT2D eigenvalue weighted by atomic mass is 32.2. The van der Waals surface area contributed by atoms with Gasteiger partial charge >= 0.3 is 10.1 Å². The lowest BCUT2D eigenvalue weighted by atomic mass is 9.91. The number of halogens is 1. The van der Waals surface area contributed by atoms with Gasteiger partial charge in [-0.2, -0.15) is 8.42 Å². The topological polar surface area (TPSA) is 43.4 Å². The maximum Gasteiger partial charge on any atom is 0.339 e. The summed E-state index contributed by atoms with van der Waals surface area (Å²) in [5.74, 6) is -0.776. The van der Waals surface area contributed by atoms with Gasteiger partial charge in [0.2, 0.25) is 0 Å². The minimum atomic E-state index is -3.92. The van der Waals surface area contributed by atoms with Gasteiger partial charge in [-0.3, -0.25) is 0 Å². The second-order valence-corrected chi connectivity index (χ2v) is 8.16.